The summed E-state index contributed by atoms with van der Waals surface area (Å²) in [4.78, 5) is 40.6. The van der Waals surface area contributed by atoms with Gasteiger partial charge in [-0.1, -0.05) is 18.2 Å². The van der Waals surface area contributed by atoms with Crippen LogP contribution in [0, 0.1) is 13.8 Å². The van der Waals surface area contributed by atoms with Gasteiger partial charge in [-0.3, -0.25) is 14.4 Å². The minimum atomic E-state index is -0.933. The Hall–Kier alpha value is -2.34. The van der Waals surface area contributed by atoms with E-state index in [-0.39, 0.29) is 11.6 Å². The predicted octanol–water partition coefficient (Wildman–Crippen LogP) is 4.13. The summed E-state index contributed by atoms with van der Waals surface area (Å²) in [6.45, 7) is 8.22. The van der Waals surface area contributed by atoms with E-state index in [9.17, 15) is 14.4 Å². The number of Topliss-reactive ketones (excluding diaryl/α,β-unsaturated/α-hetero) is 2. The highest BCUT2D eigenvalue weighted by Gasteiger charge is 2.27. The maximum Gasteiger partial charge on any atom is 0.319 e. The van der Waals surface area contributed by atoms with E-state index in [4.69, 9.17) is 4.74 Å². The number of hydrogen-bond acceptors (Lipinski definition) is 5. The Morgan fingerprint density at radius 2 is 1.69 bits per heavy atom. The molecule has 0 amide bonds. The first-order valence-corrected chi connectivity index (χ1v) is 9.26. The number of ether oxygens (including phenoxy) is 1. The number of aromatic nitrogens is 1. The number of carbonyl (C=O) groups is 3. The van der Waals surface area contributed by atoms with Crippen LogP contribution < -0.4 is 0 Å². The third-order valence-electron chi connectivity index (χ3n) is 4.09. The first kappa shape index (κ1) is 20.0. The van der Waals surface area contributed by atoms with Crippen molar-refractivity contribution in [3.05, 3.63) is 52.8 Å². The molecule has 0 bridgehead atoms. The molecule has 0 aliphatic heterocycles. The van der Waals surface area contributed by atoms with Crippen LogP contribution in [0.4, 0.5) is 0 Å². The molecular formula is C20H23NO4S. The highest BCUT2D eigenvalue weighted by molar-refractivity contribution is 8.00. The number of esters is 1. The minimum Gasteiger partial charge on any atom is -0.453 e. The van der Waals surface area contributed by atoms with Crippen molar-refractivity contribution in [2.75, 3.05) is 0 Å². The molecule has 0 saturated heterocycles. The number of benzene rings is 1. The van der Waals surface area contributed by atoms with E-state index < -0.39 is 17.3 Å². The van der Waals surface area contributed by atoms with Gasteiger partial charge in [-0.15, -0.1) is 11.8 Å². The van der Waals surface area contributed by atoms with Crippen LogP contribution in [-0.2, 0) is 9.53 Å². The Balaban J connectivity index is 2.06. The van der Waals surface area contributed by atoms with Gasteiger partial charge in [-0.25, -0.2) is 0 Å². The summed E-state index contributed by atoms with van der Waals surface area (Å²) < 4.78 is 5.35. The van der Waals surface area contributed by atoms with Crippen molar-refractivity contribution in [2.24, 2.45) is 0 Å². The molecule has 5 nitrogen and oxygen atoms in total. The van der Waals surface area contributed by atoms with Crippen molar-refractivity contribution < 1.29 is 19.1 Å². The maximum atomic E-state index is 12.6. The Labute approximate surface area is 157 Å². The Kier molecular flexibility index (Phi) is 6.42. The van der Waals surface area contributed by atoms with Gasteiger partial charge in [0.15, 0.2) is 11.9 Å². The van der Waals surface area contributed by atoms with Crippen molar-refractivity contribution in [3.8, 4) is 0 Å². The van der Waals surface area contributed by atoms with E-state index in [0.29, 0.717) is 22.5 Å². The Morgan fingerprint density at radius 3 is 2.23 bits per heavy atom. The van der Waals surface area contributed by atoms with Gasteiger partial charge in [-0.05, 0) is 52.3 Å². The largest absolute Gasteiger partial charge is 0.453 e. The van der Waals surface area contributed by atoms with E-state index in [1.165, 1.54) is 18.7 Å². The fraction of sp³-hybridized carbons (Fsp3) is 0.350. The van der Waals surface area contributed by atoms with Gasteiger partial charge in [0.1, 0.15) is 5.25 Å². The van der Waals surface area contributed by atoms with Gasteiger partial charge in [0.25, 0.3) is 0 Å². The molecule has 1 heterocycles. The van der Waals surface area contributed by atoms with E-state index in [1.807, 2.05) is 30.3 Å². The standard InChI is InChI=1S/C20H23NO4S/c1-11-17(13(3)22)12(2)21-18(11)19(23)14(4)25-20(24)15(5)26-16-9-7-6-8-10-16/h6-10,14-15,21H,1-5H3/t14-,15-/m0/s1. The van der Waals surface area contributed by atoms with Crippen molar-refractivity contribution in [3.63, 3.8) is 0 Å². The van der Waals surface area contributed by atoms with Gasteiger partial charge in [0.05, 0.1) is 5.69 Å². The molecule has 0 fully saturated rings. The average molecular weight is 373 g/mol. The first-order valence-electron chi connectivity index (χ1n) is 8.38. The second-order valence-corrected chi connectivity index (χ2v) is 7.61. The number of thioether (sulfide) groups is 1. The van der Waals surface area contributed by atoms with E-state index in [1.54, 1.807) is 27.7 Å². The zero-order chi connectivity index (χ0) is 19.4. The second kappa shape index (κ2) is 8.36. The number of rotatable bonds is 7. The van der Waals surface area contributed by atoms with Crippen LogP contribution in [0.1, 0.15) is 52.9 Å². The van der Waals surface area contributed by atoms with Crippen molar-refractivity contribution in [2.45, 2.75) is 50.9 Å². The number of carbonyl (C=O) groups excluding carboxylic acids is 3. The van der Waals surface area contributed by atoms with Crippen LogP contribution >= 0.6 is 11.8 Å². The molecule has 6 heteroatoms. The van der Waals surface area contributed by atoms with Crippen molar-refractivity contribution in [1.29, 1.82) is 0 Å². The molecule has 0 aliphatic rings. The summed E-state index contributed by atoms with van der Waals surface area (Å²) in [6, 6.07) is 9.53. The van der Waals surface area contributed by atoms with Gasteiger partial charge in [0, 0.05) is 16.2 Å². The Morgan fingerprint density at radius 1 is 1.08 bits per heavy atom. The molecule has 0 radical (unpaired) electrons. The molecule has 0 spiro atoms. The minimum absolute atomic E-state index is 0.104. The second-order valence-electron chi connectivity index (χ2n) is 6.20. The normalized spacial score (nSPS) is 13.1. The summed E-state index contributed by atoms with van der Waals surface area (Å²) in [6.07, 6.45) is -0.933. The summed E-state index contributed by atoms with van der Waals surface area (Å²) in [5.74, 6) is -0.899. The maximum absolute atomic E-state index is 12.6. The highest BCUT2D eigenvalue weighted by Crippen LogP contribution is 2.25. The van der Waals surface area contributed by atoms with E-state index in [0.717, 1.165) is 4.90 Å². The molecule has 0 saturated carbocycles. The van der Waals surface area contributed by atoms with Crippen molar-refractivity contribution >= 4 is 29.3 Å². The van der Waals surface area contributed by atoms with Crippen LogP contribution in [0.3, 0.4) is 0 Å². The fourth-order valence-corrected chi connectivity index (χ4v) is 3.68. The number of aromatic amines is 1. The molecule has 0 aliphatic carbocycles. The lowest BCUT2D eigenvalue weighted by molar-refractivity contribution is -0.145. The monoisotopic (exact) mass is 373 g/mol. The lowest BCUT2D eigenvalue weighted by Gasteiger charge is -2.16. The molecule has 2 atom stereocenters. The van der Waals surface area contributed by atoms with Crippen LogP contribution in [0.2, 0.25) is 0 Å². The third kappa shape index (κ3) is 4.43. The lowest BCUT2D eigenvalue weighted by atomic mass is 10.0. The highest BCUT2D eigenvalue weighted by atomic mass is 32.2. The summed E-state index contributed by atoms with van der Waals surface area (Å²) in [5, 5.41) is -0.438. The van der Waals surface area contributed by atoms with Crippen LogP contribution in [0.25, 0.3) is 0 Å². The number of ketones is 2. The zero-order valence-corrected chi connectivity index (χ0v) is 16.4. The van der Waals surface area contributed by atoms with Gasteiger partial charge in [0.2, 0.25) is 5.78 Å². The number of H-pyrrole nitrogens is 1. The van der Waals surface area contributed by atoms with Crippen molar-refractivity contribution in [1.82, 2.24) is 4.98 Å². The molecule has 2 aromatic rings. The lowest BCUT2D eigenvalue weighted by Crippen LogP contribution is -2.29. The molecule has 138 valence electrons. The quantitative estimate of drug-likeness (QED) is 0.449. The summed E-state index contributed by atoms with van der Waals surface area (Å²) >= 11 is 1.38. The molecule has 26 heavy (non-hydrogen) atoms. The predicted molar refractivity (Wildman–Crippen MR) is 102 cm³/mol. The summed E-state index contributed by atoms with van der Waals surface area (Å²) in [5.41, 5.74) is 2.07. The SMILES string of the molecule is CC(=O)c1c(C)[nH]c(C(=O)[C@H](C)OC(=O)[C@H](C)Sc2ccccc2)c1C. The van der Waals surface area contributed by atoms with Crippen LogP contribution in [0.15, 0.2) is 35.2 Å². The molecule has 2 rings (SSSR count). The third-order valence-corrected chi connectivity index (χ3v) is 5.18. The van der Waals surface area contributed by atoms with Gasteiger partial charge >= 0.3 is 5.97 Å². The summed E-state index contributed by atoms with van der Waals surface area (Å²) in [7, 11) is 0. The van der Waals surface area contributed by atoms with E-state index >= 15 is 0 Å². The van der Waals surface area contributed by atoms with Gasteiger partial charge < -0.3 is 9.72 Å². The molecule has 1 aromatic heterocycles. The van der Waals surface area contributed by atoms with Crippen LogP contribution in [-0.4, -0.2) is 33.9 Å². The smallest absolute Gasteiger partial charge is 0.319 e. The Bertz CT molecular complexity index is 826. The van der Waals surface area contributed by atoms with Gasteiger partial charge in [-0.2, -0.15) is 0 Å². The molecule has 1 aromatic carbocycles. The molecular weight excluding hydrogens is 350 g/mol. The zero-order valence-electron chi connectivity index (χ0n) is 15.6. The topological polar surface area (TPSA) is 76.2 Å². The average Bonchev–Trinajstić information content (AvgIpc) is 2.89. The van der Waals surface area contributed by atoms with E-state index in [2.05, 4.69) is 4.98 Å². The number of hydrogen-bond donors (Lipinski definition) is 1. The number of aryl methyl sites for hydroxylation is 1. The van der Waals surface area contributed by atoms with Crippen LogP contribution in [0.5, 0.6) is 0 Å². The molecule has 1 N–H and O–H groups in total. The first-order chi connectivity index (χ1) is 12.2. The number of nitrogens with one attached hydrogen (secondary N) is 1. The molecule has 0 unspecified atom stereocenters. The fourth-order valence-electron chi connectivity index (χ4n) is 2.80.